The number of para-hydroxylation sites is 1. The minimum atomic E-state index is -0.00870. The number of carbonyl (C=O) groups excluding carboxylic acids is 1. The molecule has 3 rings (SSSR count). The summed E-state index contributed by atoms with van der Waals surface area (Å²) >= 11 is 0. The van der Waals surface area contributed by atoms with Crippen molar-refractivity contribution in [1.82, 2.24) is 0 Å². The SMILES string of the molecule is CON1C(=O)C(=C2CCCC2)c2ccccc21. The second kappa shape index (κ2) is 4.00. The van der Waals surface area contributed by atoms with Crippen LogP contribution in [0.25, 0.3) is 5.57 Å². The molecule has 0 aromatic heterocycles. The van der Waals surface area contributed by atoms with Gasteiger partial charge in [-0.05, 0) is 31.7 Å². The van der Waals surface area contributed by atoms with Gasteiger partial charge in [-0.3, -0.25) is 9.63 Å². The highest BCUT2D eigenvalue weighted by molar-refractivity contribution is 6.32. The zero-order valence-electron chi connectivity index (χ0n) is 9.90. The maximum atomic E-state index is 12.3. The Morgan fingerprint density at radius 2 is 1.88 bits per heavy atom. The molecule has 3 nitrogen and oxygen atoms in total. The molecule has 17 heavy (non-hydrogen) atoms. The first-order valence-corrected chi connectivity index (χ1v) is 6.03. The summed E-state index contributed by atoms with van der Waals surface area (Å²) in [4.78, 5) is 17.5. The van der Waals surface area contributed by atoms with Crippen molar-refractivity contribution in [1.29, 1.82) is 0 Å². The van der Waals surface area contributed by atoms with Gasteiger partial charge in [0.2, 0.25) is 0 Å². The summed E-state index contributed by atoms with van der Waals surface area (Å²) in [7, 11) is 1.54. The summed E-state index contributed by atoms with van der Waals surface area (Å²) in [5.41, 5.74) is 4.06. The van der Waals surface area contributed by atoms with Crippen LogP contribution in [0.15, 0.2) is 29.8 Å². The Hall–Kier alpha value is -1.61. The van der Waals surface area contributed by atoms with Gasteiger partial charge >= 0.3 is 0 Å². The quantitative estimate of drug-likeness (QED) is 0.693. The third-order valence-electron chi connectivity index (χ3n) is 3.53. The van der Waals surface area contributed by atoms with Gasteiger partial charge in [-0.1, -0.05) is 23.8 Å². The van der Waals surface area contributed by atoms with Gasteiger partial charge in [0.25, 0.3) is 5.91 Å². The number of carbonyl (C=O) groups is 1. The maximum Gasteiger partial charge on any atom is 0.282 e. The Bertz CT molecular complexity index is 497. The highest BCUT2D eigenvalue weighted by Crippen LogP contribution is 2.42. The van der Waals surface area contributed by atoms with Crippen LogP contribution in [0.5, 0.6) is 0 Å². The first-order valence-electron chi connectivity index (χ1n) is 6.03. The van der Waals surface area contributed by atoms with E-state index in [9.17, 15) is 4.79 Å². The molecule has 0 atom stereocenters. The molecular formula is C14H15NO2. The molecule has 0 saturated heterocycles. The molecule has 1 amide bonds. The number of nitrogens with zero attached hydrogens (tertiary/aromatic N) is 1. The summed E-state index contributed by atoms with van der Waals surface area (Å²) in [6.45, 7) is 0. The third kappa shape index (κ3) is 1.50. The van der Waals surface area contributed by atoms with Crippen molar-refractivity contribution in [3.05, 3.63) is 35.4 Å². The van der Waals surface area contributed by atoms with Crippen molar-refractivity contribution in [2.24, 2.45) is 0 Å². The van der Waals surface area contributed by atoms with E-state index in [4.69, 9.17) is 4.84 Å². The van der Waals surface area contributed by atoms with Crippen molar-refractivity contribution < 1.29 is 9.63 Å². The second-order valence-electron chi connectivity index (χ2n) is 4.48. The van der Waals surface area contributed by atoms with E-state index < -0.39 is 0 Å². The Morgan fingerprint density at radius 1 is 1.18 bits per heavy atom. The van der Waals surface area contributed by atoms with Gasteiger partial charge in [0, 0.05) is 5.56 Å². The fraction of sp³-hybridized carbons (Fsp3) is 0.357. The van der Waals surface area contributed by atoms with Crippen LogP contribution in [0.2, 0.25) is 0 Å². The summed E-state index contributed by atoms with van der Waals surface area (Å²) in [5, 5.41) is 1.40. The number of hydrogen-bond acceptors (Lipinski definition) is 2. The fourth-order valence-corrected chi connectivity index (χ4v) is 2.76. The molecule has 1 saturated carbocycles. The minimum absolute atomic E-state index is 0.00870. The predicted octanol–water partition coefficient (Wildman–Crippen LogP) is 2.92. The van der Waals surface area contributed by atoms with Crippen molar-refractivity contribution >= 4 is 17.2 Å². The topological polar surface area (TPSA) is 29.5 Å². The van der Waals surface area contributed by atoms with Crippen LogP contribution in [0, 0.1) is 0 Å². The molecule has 3 heteroatoms. The number of fused-ring (bicyclic) bond motifs is 1. The molecular weight excluding hydrogens is 214 g/mol. The zero-order valence-corrected chi connectivity index (χ0v) is 9.90. The number of rotatable bonds is 1. The highest BCUT2D eigenvalue weighted by Gasteiger charge is 2.35. The average Bonchev–Trinajstić information content (AvgIpc) is 2.93. The van der Waals surface area contributed by atoms with Crippen molar-refractivity contribution in [3.63, 3.8) is 0 Å². The number of allylic oxidation sites excluding steroid dienone is 1. The highest BCUT2D eigenvalue weighted by atomic mass is 16.7. The minimum Gasteiger partial charge on any atom is -0.269 e. The van der Waals surface area contributed by atoms with E-state index in [-0.39, 0.29) is 5.91 Å². The smallest absolute Gasteiger partial charge is 0.269 e. The van der Waals surface area contributed by atoms with Crippen LogP contribution in [0.4, 0.5) is 5.69 Å². The molecule has 0 unspecified atom stereocenters. The summed E-state index contributed by atoms with van der Waals surface area (Å²) in [6.07, 6.45) is 4.49. The van der Waals surface area contributed by atoms with E-state index in [1.165, 1.54) is 30.6 Å². The Morgan fingerprint density at radius 3 is 2.59 bits per heavy atom. The first kappa shape index (κ1) is 10.5. The van der Waals surface area contributed by atoms with Gasteiger partial charge in [-0.25, -0.2) is 0 Å². The molecule has 0 N–H and O–H groups in total. The van der Waals surface area contributed by atoms with Crippen molar-refractivity contribution in [2.75, 3.05) is 12.2 Å². The maximum absolute atomic E-state index is 12.3. The van der Waals surface area contributed by atoms with Crippen molar-refractivity contribution in [3.8, 4) is 0 Å². The lowest BCUT2D eigenvalue weighted by molar-refractivity contribution is -0.118. The number of hydrogen-bond donors (Lipinski definition) is 0. The molecule has 1 aromatic rings. The molecule has 1 fully saturated rings. The standard InChI is InChI=1S/C14H15NO2/c1-17-15-12-9-5-4-8-11(12)13(14(15)16)10-6-2-3-7-10/h4-5,8-9H,2-3,6-7H2,1H3. The van der Waals surface area contributed by atoms with Gasteiger partial charge in [-0.15, -0.1) is 0 Å². The Kier molecular flexibility index (Phi) is 2.48. The lowest BCUT2D eigenvalue weighted by atomic mass is 10.0. The lowest BCUT2D eigenvalue weighted by Crippen LogP contribution is -2.25. The van der Waals surface area contributed by atoms with Gasteiger partial charge in [0.05, 0.1) is 18.4 Å². The van der Waals surface area contributed by atoms with E-state index in [1.807, 2.05) is 24.3 Å². The van der Waals surface area contributed by atoms with Gasteiger partial charge in [0.1, 0.15) is 0 Å². The van der Waals surface area contributed by atoms with E-state index in [2.05, 4.69) is 0 Å². The van der Waals surface area contributed by atoms with Crippen LogP contribution >= 0.6 is 0 Å². The molecule has 0 radical (unpaired) electrons. The van der Waals surface area contributed by atoms with E-state index in [1.54, 1.807) is 0 Å². The molecule has 1 aromatic carbocycles. The number of amides is 1. The van der Waals surface area contributed by atoms with Crippen molar-refractivity contribution in [2.45, 2.75) is 25.7 Å². The van der Waals surface area contributed by atoms with Gasteiger partial charge in [0.15, 0.2) is 0 Å². The summed E-state index contributed by atoms with van der Waals surface area (Å²) < 4.78 is 0. The zero-order chi connectivity index (χ0) is 11.8. The third-order valence-corrected chi connectivity index (χ3v) is 3.53. The van der Waals surface area contributed by atoms with E-state index in [0.717, 1.165) is 29.7 Å². The monoisotopic (exact) mass is 229 g/mol. The average molecular weight is 229 g/mol. The molecule has 1 aliphatic heterocycles. The number of hydroxylamine groups is 1. The lowest BCUT2D eigenvalue weighted by Gasteiger charge is -2.12. The predicted molar refractivity (Wildman–Crippen MR) is 66.3 cm³/mol. The Balaban J connectivity index is 2.18. The van der Waals surface area contributed by atoms with Crippen LogP contribution in [-0.2, 0) is 9.63 Å². The molecule has 88 valence electrons. The second-order valence-corrected chi connectivity index (χ2v) is 4.48. The molecule has 1 heterocycles. The van der Waals surface area contributed by atoms with Crippen LogP contribution in [0.1, 0.15) is 31.2 Å². The first-order chi connectivity index (χ1) is 8.33. The number of benzene rings is 1. The van der Waals surface area contributed by atoms with Crippen LogP contribution in [0.3, 0.4) is 0 Å². The summed E-state index contributed by atoms with van der Waals surface area (Å²) in [6, 6.07) is 7.84. The Labute approximate surface area is 101 Å². The normalized spacial score (nSPS) is 19.1. The molecule has 2 aliphatic rings. The number of anilines is 1. The van der Waals surface area contributed by atoms with Gasteiger partial charge < -0.3 is 0 Å². The molecule has 1 aliphatic carbocycles. The van der Waals surface area contributed by atoms with E-state index >= 15 is 0 Å². The fourth-order valence-electron chi connectivity index (χ4n) is 2.76. The molecule has 0 spiro atoms. The van der Waals surface area contributed by atoms with Gasteiger partial charge in [-0.2, -0.15) is 5.06 Å². The van der Waals surface area contributed by atoms with Crippen LogP contribution in [-0.4, -0.2) is 13.0 Å². The molecule has 0 bridgehead atoms. The van der Waals surface area contributed by atoms with Crippen LogP contribution < -0.4 is 5.06 Å². The largest absolute Gasteiger partial charge is 0.282 e. The van der Waals surface area contributed by atoms with E-state index in [0.29, 0.717) is 0 Å². The summed E-state index contributed by atoms with van der Waals surface area (Å²) in [5.74, 6) is -0.00870.